The van der Waals surface area contributed by atoms with Crippen molar-refractivity contribution < 1.29 is 0 Å². The molecule has 0 unspecified atom stereocenters. The number of hydrogen-bond acceptors (Lipinski definition) is 3. The summed E-state index contributed by atoms with van der Waals surface area (Å²) >= 11 is 5.33. The maximum atomic E-state index is 4.24. The second-order valence-electron chi connectivity index (χ2n) is 4.73. The molecule has 2 heterocycles. The van der Waals surface area contributed by atoms with Gasteiger partial charge in [-0.25, -0.2) is 0 Å². The van der Waals surface area contributed by atoms with Gasteiger partial charge in [0.15, 0.2) is 0 Å². The molecule has 4 heteroatoms. The molecule has 1 fully saturated rings. The van der Waals surface area contributed by atoms with Crippen LogP contribution in [0.5, 0.6) is 0 Å². The number of nitrogens with zero attached hydrogens (tertiary/aromatic N) is 2. The van der Waals surface area contributed by atoms with Gasteiger partial charge in [0.1, 0.15) is 0 Å². The topological polar surface area (TPSA) is 16.1 Å². The molecule has 0 bridgehead atoms. The van der Waals surface area contributed by atoms with Gasteiger partial charge in [0, 0.05) is 40.9 Å². The lowest BCUT2D eigenvalue weighted by molar-refractivity contribution is 0.247. The molecule has 0 saturated heterocycles. The largest absolute Gasteiger partial charge is 0.291 e. The Kier molecular flexibility index (Phi) is 3.77. The van der Waals surface area contributed by atoms with Crippen molar-refractivity contribution in [2.75, 3.05) is 0 Å². The Hall–Kier alpha value is -0.710. The molecule has 0 N–H and O–H groups in total. The van der Waals surface area contributed by atoms with Crippen LogP contribution in [0.3, 0.4) is 0 Å². The van der Waals surface area contributed by atoms with Crippen LogP contribution in [0, 0.1) is 0 Å². The summed E-state index contributed by atoms with van der Waals surface area (Å²) in [5, 5.41) is 2.15. The third kappa shape index (κ3) is 3.19. The molecule has 1 aliphatic carbocycles. The molecule has 0 radical (unpaired) electrons. The van der Waals surface area contributed by atoms with Crippen molar-refractivity contribution in [1.82, 2.24) is 9.88 Å². The summed E-state index contributed by atoms with van der Waals surface area (Å²) < 4.78 is 1.06. The highest BCUT2D eigenvalue weighted by molar-refractivity contribution is 9.10. The smallest absolute Gasteiger partial charge is 0.0410 e. The van der Waals surface area contributed by atoms with Gasteiger partial charge in [0.2, 0.25) is 0 Å². The lowest BCUT2D eigenvalue weighted by atomic mass is 10.2. The SMILES string of the molecule is Brc1cncc(CN(Cc2cccs2)C2CC2)c1. The van der Waals surface area contributed by atoms with Gasteiger partial charge >= 0.3 is 0 Å². The van der Waals surface area contributed by atoms with Crippen LogP contribution in [0.1, 0.15) is 23.3 Å². The van der Waals surface area contributed by atoms with E-state index in [1.54, 1.807) is 0 Å². The molecule has 1 aliphatic rings. The van der Waals surface area contributed by atoms with Crippen LogP contribution < -0.4 is 0 Å². The van der Waals surface area contributed by atoms with E-state index < -0.39 is 0 Å². The zero-order chi connectivity index (χ0) is 12.4. The van der Waals surface area contributed by atoms with Crippen LogP contribution in [-0.2, 0) is 13.1 Å². The molecular formula is C14H15BrN2S. The molecule has 0 amide bonds. The fraction of sp³-hybridized carbons (Fsp3) is 0.357. The number of aromatic nitrogens is 1. The first-order chi connectivity index (χ1) is 8.81. The second-order valence-corrected chi connectivity index (χ2v) is 6.67. The highest BCUT2D eigenvalue weighted by Gasteiger charge is 2.29. The molecular weight excluding hydrogens is 308 g/mol. The zero-order valence-electron chi connectivity index (χ0n) is 10.1. The summed E-state index contributed by atoms with van der Waals surface area (Å²) in [6, 6.07) is 7.29. The standard InChI is InChI=1S/C14H15BrN2S/c15-12-6-11(7-16-8-12)9-17(13-3-4-13)10-14-2-1-5-18-14/h1-2,5-8,13H,3-4,9-10H2. The minimum Gasteiger partial charge on any atom is -0.291 e. The van der Waals surface area contributed by atoms with Crippen LogP contribution in [0.4, 0.5) is 0 Å². The minimum absolute atomic E-state index is 0.770. The average Bonchev–Trinajstić information content (AvgIpc) is 3.08. The summed E-state index contributed by atoms with van der Waals surface area (Å²) in [4.78, 5) is 8.26. The fourth-order valence-corrected chi connectivity index (χ4v) is 3.27. The predicted octanol–water partition coefficient (Wildman–Crippen LogP) is 4.07. The Labute approximate surface area is 120 Å². The van der Waals surface area contributed by atoms with Gasteiger partial charge in [0.05, 0.1) is 0 Å². The normalized spacial score (nSPS) is 15.2. The van der Waals surface area contributed by atoms with Crippen molar-refractivity contribution >= 4 is 27.3 Å². The number of hydrogen-bond donors (Lipinski definition) is 0. The Bertz CT molecular complexity index is 508. The van der Waals surface area contributed by atoms with Crippen molar-refractivity contribution in [1.29, 1.82) is 0 Å². The van der Waals surface area contributed by atoms with Crippen molar-refractivity contribution in [3.63, 3.8) is 0 Å². The van der Waals surface area contributed by atoms with E-state index in [9.17, 15) is 0 Å². The van der Waals surface area contributed by atoms with Crippen molar-refractivity contribution in [2.24, 2.45) is 0 Å². The van der Waals surface area contributed by atoms with Gasteiger partial charge in [0.25, 0.3) is 0 Å². The van der Waals surface area contributed by atoms with E-state index in [0.717, 1.165) is 23.6 Å². The highest BCUT2D eigenvalue weighted by atomic mass is 79.9. The van der Waals surface area contributed by atoms with E-state index in [-0.39, 0.29) is 0 Å². The first kappa shape index (κ1) is 12.3. The first-order valence-electron chi connectivity index (χ1n) is 6.17. The molecule has 2 aromatic rings. The molecule has 18 heavy (non-hydrogen) atoms. The Morgan fingerprint density at radius 2 is 2.22 bits per heavy atom. The van der Waals surface area contributed by atoms with E-state index in [4.69, 9.17) is 0 Å². The van der Waals surface area contributed by atoms with Crippen molar-refractivity contribution in [3.8, 4) is 0 Å². The molecule has 3 rings (SSSR count). The number of rotatable bonds is 5. The molecule has 2 nitrogen and oxygen atoms in total. The quantitative estimate of drug-likeness (QED) is 0.824. The van der Waals surface area contributed by atoms with Crippen LogP contribution in [0.25, 0.3) is 0 Å². The maximum absolute atomic E-state index is 4.24. The summed E-state index contributed by atoms with van der Waals surface area (Å²) in [6.45, 7) is 2.06. The molecule has 0 aromatic carbocycles. The number of pyridine rings is 1. The summed E-state index contributed by atoms with van der Waals surface area (Å²) in [7, 11) is 0. The van der Waals surface area contributed by atoms with Crippen molar-refractivity contribution in [3.05, 3.63) is 50.9 Å². The number of halogens is 1. The second kappa shape index (κ2) is 5.51. The van der Waals surface area contributed by atoms with E-state index >= 15 is 0 Å². The van der Waals surface area contributed by atoms with Gasteiger partial charge in [-0.1, -0.05) is 6.07 Å². The maximum Gasteiger partial charge on any atom is 0.0410 e. The van der Waals surface area contributed by atoms with E-state index in [2.05, 4.69) is 49.4 Å². The Balaban J connectivity index is 1.70. The summed E-state index contributed by atoms with van der Waals surface area (Å²) in [6.07, 6.45) is 6.48. The monoisotopic (exact) mass is 322 g/mol. The molecule has 94 valence electrons. The third-order valence-electron chi connectivity index (χ3n) is 3.15. The molecule has 0 atom stereocenters. The molecule has 2 aromatic heterocycles. The van der Waals surface area contributed by atoms with Gasteiger partial charge < -0.3 is 0 Å². The van der Waals surface area contributed by atoms with Crippen molar-refractivity contribution in [2.45, 2.75) is 32.0 Å². The summed E-state index contributed by atoms with van der Waals surface area (Å²) in [5.41, 5.74) is 1.29. The molecule has 0 spiro atoms. The van der Waals surface area contributed by atoms with Crippen LogP contribution in [0.15, 0.2) is 40.4 Å². The Morgan fingerprint density at radius 1 is 1.33 bits per heavy atom. The van der Waals surface area contributed by atoms with Gasteiger partial charge in [-0.05, 0) is 51.8 Å². The lowest BCUT2D eigenvalue weighted by Gasteiger charge is -2.21. The summed E-state index contributed by atoms with van der Waals surface area (Å²) in [5.74, 6) is 0. The van der Waals surface area contributed by atoms with Crippen LogP contribution >= 0.6 is 27.3 Å². The van der Waals surface area contributed by atoms with Gasteiger partial charge in [-0.3, -0.25) is 9.88 Å². The third-order valence-corrected chi connectivity index (χ3v) is 4.44. The number of thiophene rings is 1. The predicted molar refractivity (Wildman–Crippen MR) is 78.5 cm³/mol. The van der Waals surface area contributed by atoms with Gasteiger partial charge in [-0.15, -0.1) is 11.3 Å². The lowest BCUT2D eigenvalue weighted by Crippen LogP contribution is -2.24. The average molecular weight is 323 g/mol. The molecule has 0 aliphatic heterocycles. The fourth-order valence-electron chi connectivity index (χ4n) is 2.13. The van der Waals surface area contributed by atoms with Crippen LogP contribution in [-0.4, -0.2) is 15.9 Å². The molecule has 1 saturated carbocycles. The van der Waals surface area contributed by atoms with E-state index in [1.165, 1.54) is 23.3 Å². The minimum atomic E-state index is 0.770. The van der Waals surface area contributed by atoms with Crippen LogP contribution in [0.2, 0.25) is 0 Å². The highest BCUT2D eigenvalue weighted by Crippen LogP contribution is 2.30. The van der Waals surface area contributed by atoms with E-state index in [0.29, 0.717) is 0 Å². The first-order valence-corrected chi connectivity index (χ1v) is 7.84. The zero-order valence-corrected chi connectivity index (χ0v) is 12.5. The Morgan fingerprint density at radius 3 is 2.89 bits per heavy atom. The van der Waals surface area contributed by atoms with Gasteiger partial charge in [-0.2, -0.15) is 0 Å². The van der Waals surface area contributed by atoms with E-state index in [1.807, 2.05) is 23.7 Å².